The zero-order chi connectivity index (χ0) is 22.5. The van der Waals surface area contributed by atoms with Gasteiger partial charge in [0.15, 0.2) is 0 Å². The molecule has 3 rings (SSSR count). The lowest BCUT2D eigenvalue weighted by Gasteiger charge is -2.19. The van der Waals surface area contributed by atoms with Crippen LogP contribution in [0.25, 0.3) is 0 Å². The Bertz CT molecular complexity index is 1110. The topological polar surface area (TPSA) is 64.7 Å². The Hall–Kier alpha value is -3.23. The Morgan fingerprint density at radius 3 is 2.19 bits per heavy atom. The van der Waals surface area contributed by atoms with Crippen LogP contribution in [0.1, 0.15) is 10.4 Å². The third-order valence-electron chi connectivity index (χ3n) is 4.36. The summed E-state index contributed by atoms with van der Waals surface area (Å²) in [7, 11) is 3.74. The molecule has 0 radical (unpaired) electrons. The predicted molar refractivity (Wildman–Crippen MR) is 127 cm³/mol. The molecule has 0 heterocycles. The van der Waals surface area contributed by atoms with Gasteiger partial charge in [0.05, 0.1) is 22.0 Å². The maximum atomic E-state index is 13.7. The van der Waals surface area contributed by atoms with Gasteiger partial charge in [0, 0.05) is 25.5 Å². The van der Waals surface area contributed by atoms with E-state index in [0.29, 0.717) is 22.1 Å². The molecule has 0 spiro atoms. The van der Waals surface area contributed by atoms with E-state index in [9.17, 15) is 14.0 Å². The van der Waals surface area contributed by atoms with Gasteiger partial charge in [-0.1, -0.05) is 36.5 Å². The van der Waals surface area contributed by atoms with E-state index in [4.69, 9.17) is 11.6 Å². The van der Waals surface area contributed by atoms with Gasteiger partial charge in [-0.15, -0.1) is 0 Å². The van der Waals surface area contributed by atoms with Crippen LogP contribution in [0.5, 0.6) is 0 Å². The third kappa shape index (κ3) is 5.48. The van der Waals surface area contributed by atoms with E-state index >= 15 is 0 Å². The minimum absolute atomic E-state index is 0.0549. The van der Waals surface area contributed by atoms with Crippen molar-refractivity contribution >= 4 is 59.1 Å². The number of nitrogens with one attached hydrogen (secondary N) is 2. The maximum Gasteiger partial charge on any atom is 0.336 e. The van der Waals surface area contributed by atoms with Crippen LogP contribution in [0.2, 0.25) is 5.02 Å². The van der Waals surface area contributed by atoms with Crippen LogP contribution in [0, 0.1) is 5.82 Å². The smallest absolute Gasteiger partial charge is 0.336 e. The largest absolute Gasteiger partial charge is 0.376 e. The minimum Gasteiger partial charge on any atom is -0.376 e. The fourth-order valence-electron chi connectivity index (χ4n) is 2.77. The van der Waals surface area contributed by atoms with Gasteiger partial charge in [-0.3, -0.25) is 4.79 Å². The van der Waals surface area contributed by atoms with Gasteiger partial charge >= 0.3 is 6.03 Å². The molecule has 2 N–H and O–H groups in total. The number of nitrogens with zero attached hydrogens (tertiary/aromatic N) is 2. The Kier molecular flexibility index (Phi) is 7.04. The van der Waals surface area contributed by atoms with Gasteiger partial charge in [-0.2, -0.15) is 0 Å². The van der Waals surface area contributed by atoms with Crippen molar-refractivity contribution in [3.8, 4) is 0 Å². The van der Waals surface area contributed by atoms with Crippen LogP contribution in [-0.4, -0.2) is 26.0 Å². The summed E-state index contributed by atoms with van der Waals surface area (Å²) in [5.74, 6) is -1.17. The van der Waals surface area contributed by atoms with Gasteiger partial charge in [0.2, 0.25) is 0 Å². The van der Waals surface area contributed by atoms with E-state index in [1.165, 1.54) is 18.2 Å². The zero-order valence-electron chi connectivity index (χ0n) is 16.8. The van der Waals surface area contributed by atoms with E-state index in [0.717, 1.165) is 9.99 Å². The molecule has 3 amide bonds. The number of hydrogen-bond acceptors (Lipinski definition) is 4. The first-order chi connectivity index (χ1) is 14.8. The monoisotopic (exact) mass is 458 g/mol. The van der Waals surface area contributed by atoms with Gasteiger partial charge in [-0.25, -0.2) is 13.5 Å². The van der Waals surface area contributed by atoms with E-state index < -0.39 is 17.8 Å². The van der Waals surface area contributed by atoms with Gasteiger partial charge in [0.1, 0.15) is 5.82 Å². The number of urea groups is 1. The zero-order valence-corrected chi connectivity index (χ0v) is 18.4. The molecule has 0 saturated heterocycles. The first-order valence-corrected chi connectivity index (χ1v) is 9.97. The SMILES string of the molecule is CN(C)c1ccc(NC(=O)N(S)c2ccc(NC(=O)c3ccccc3F)cc2)cc1Cl. The molecule has 160 valence electrons. The highest BCUT2D eigenvalue weighted by molar-refractivity contribution is 7.82. The molecular weight excluding hydrogens is 439 g/mol. The highest BCUT2D eigenvalue weighted by Gasteiger charge is 2.15. The number of carbonyl (C=O) groups excluding carboxylic acids is 2. The first-order valence-electron chi connectivity index (χ1n) is 9.19. The maximum absolute atomic E-state index is 13.7. The molecule has 0 fully saturated rings. The van der Waals surface area contributed by atoms with Gasteiger partial charge in [0.25, 0.3) is 5.91 Å². The molecule has 0 saturated carbocycles. The number of halogens is 2. The fraction of sp³-hybridized carbons (Fsp3) is 0.0909. The molecule has 0 atom stereocenters. The van der Waals surface area contributed by atoms with Crippen molar-refractivity contribution in [3.63, 3.8) is 0 Å². The predicted octanol–water partition coefficient (Wildman–Crippen LogP) is 5.68. The lowest BCUT2D eigenvalue weighted by atomic mass is 10.2. The summed E-state index contributed by atoms with van der Waals surface area (Å²) in [6.07, 6.45) is 0. The molecule has 31 heavy (non-hydrogen) atoms. The summed E-state index contributed by atoms with van der Waals surface area (Å²) in [6, 6.07) is 16.8. The first kappa shape index (κ1) is 22.5. The van der Waals surface area contributed by atoms with Crippen LogP contribution >= 0.6 is 24.4 Å². The lowest BCUT2D eigenvalue weighted by molar-refractivity contribution is 0.102. The number of anilines is 4. The second-order valence-electron chi connectivity index (χ2n) is 6.78. The summed E-state index contributed by atoms with van der Waals surface area (Å²) in [5, 5.41) is 5.83. The van der Waals surface area contributed by atoms with Crippen molar-refractivity contribution < 1.29 is 14.0 Å². The molecular formula is C22H20ClFN4O2S. The average Bonchev–Trinajstić information content (AvgIpc) is 2.73. The average molecular weight is 459 g/mol. The van der Waals surface area contributed by atoms with Crippen LogP contribution in [0.3, 0.4) is 0 Å². The fourth-order valence-corrected chi connectivity index (χ4v) is 3.30. The number of carbonyl (C=O) groups is 2. The second-order valence-corrected chi connectivity index (χ2v) is 7.59. The highest BCUT2D eigenvalue weighted by atomic mass is 35.5. The number of amides is 3. The summed E-state index contributed by atoms with van der Waals surface area (Å²) >= 11 is 10.5. The molecule has 0 aliphatic carbocycles. The molecule has 0 aliphatic heterocycles. The van der Waals surface area contributed by atoms with Crippen LogP contribution in [-0.2, 0) is 0 Å². The van der Waals surface area contributed by atoms with Crippen molar-refractivity contribution in [1.29, 1.82) is 0 Å². The Morgan fingerprint density at radius 1 is 0.935 bits per heavy atom. The summed E-state index contributed by atoms with van der Waals surface area (Å²) in [5.41, 5.74) is 2.22. The van der Waals surface area contributed by atoms with Crippen LogP contribution in [0.4, 0.5) is 31.9 Å². The molecule has 9 heteroatoms. The standard InChI is InChI=1S/C22H20ClFN4O2S/c1-27(2)20-12-9-15(13-18(20)23)26-22(30)28(31)16-10-7-14(8-11-16)25-21(29)17-5-3-4-6-19(17)24/h3-13,31H,1-2H3,(H,25,29)(H,26,30). The molecule has 0 aliphatic rings. The van der Waals surface area contributed by atoms with E-state index in [1.807, 2.05) is 19.0 Å². The molecule has 6 nitrogen and oxygen atoms in total. The van der Waals surface area contributed by atoms with E-state index in [2.05, 4.69) is 23.4 Å². The van der Waals surface area contributed by atoms with Crippen molar-refractivity contribution in [3.05, 3.63) is 83.1 Å². The minimum atomic E-state index is -0.603. The molecule has 0 aromatic heterocycles. The van der Waals surface area contributed by atoms with Crippen molar-refractivity contribution in [2.75, 3.05) is 33.9 Å². The van der Waals surface area contributed by atoms with Crippen LogP contribution in [0.15, 0.2) is 66.7 Å². The van der Waals surface area contributed by atoms with Gasteiger partial charge < -0.3 is 15.5 Å². The molecule has 0 bridgehead atoms. The third-order valence-corrected chi connectivity index (χ3v) is 5.08. The Balaban J connectivity index is 1.65. The van der Waals surface area contributed by atoms with Crippen LogP contribution < -0.4 is 19.8 Å². The molecule has 0 unspecified atom stereocenters. The Morgan fingerprint density at radius 2 is 1.58 bits per heavy atom. The summed E-state index contributed by atoms with van der Waals surface area (Å²) < 4.78 is 14.9. The normalized spacial score (nSPS) is 10.4. The van der Waals surface area contributed by atoms with Gasteiger partial charge in [-0.05, 0) is 54.6 Å². The van der Waals surface area contributed by atoms with Crippen molar-refractivity contribution in [2.45, 2.75) is 0 Å². The van der Waals surface area contributed by atoms with Crippen molar-refractivity contribution in [1.82, 2.24) is 0 Å². The highest BCUT2D eigenvalue weighted by Crippen LogP contribution is 2.28. The number of hydrogen-bond donors (Lipinski definition) is 3. The van der Waals surface area contributed by atoms with E-state index in [1.54, 1.807) is 48.5 Å². The Labute approximate surface area is 190 Å². The molecule has 3 aromatic rings. The second kappa shape index (κ2) is 9.72. The summed E-state index contributed by atoms with van der Waals surface area (Å²) in [4.78, 5) is 26.6. The summed E-state index contributed by atoms with van der Waals surface area (Å²) in [6.45, 7) is 0. The number of rotatable bonds is 5. The number of benzene rings is 3. The van der Waals surface area contributed by atoms with Crippen molar-refractivity contribution in [2.24, 2.45) is 0 Å². The van der Waals surface area contributed by atoms with E-state index in [-0.39, 0.29) is 5.56 Å². The lowest BCUT2D eigenvalue weighted by Crippen LogP contribution is -2.26. The molecule has 3 aromatic carbocycles. The quantitative estimate of drug-likeness (QED) is 0.431. The number of thiol groups is 1.